The number of amides is 1. The third-order valence-electron chi connectivity index (χ3n) is 2.17. The predicted octanol–water partition coefficient (Wildman–Crippen LogP) is 2.07. The Morgan fingerprint density at radius 2 is 2.08 bits per heavy atom. The first-order valence-electron chi connectivity index (χ1n) is 4.30. The molecule has 0 bridgehead atoms. The van der Waals surface area contributed by atoms with E-state index in [1.165, 1.54) is 6.08 Å². The number of hydrogen-bond acceptors (Lipinski definition) is 1. The monoisotopic (exact) mass is 169 g/mol. The van der Waals surface area contributed by atoms with Gasteiger partial charge in [0.2, 0.25) is 5.91 Å². The van der Waals surface area contributed by atoms with Crippen molar-refractivity contribution in [1.82, 2.24) is 4.90 Å². The summed E-state index contributed by atoms with van der Waals surface area (Å²) in [7, 11) is 1.81. The molecule has 0 rings (SSSR count). The van der Waals surface area contributed by atoms with Crippen LogP contribution >= 0.6 is 0 Å². The lowest BCUT2D eigenvalue weighted by molar-refractivity contribution is -0.126. The normalized spacial score (nSPS) is 11.0. The number of likely N-dealkylation sites (N-methyl/N-ethyl adjacent to an activating group) is 1. The Kier molecular flexibility index (Phi) is 4.01. The first-order chi connectivity index (χ1) is 5.43. The maximum Gasteiger partial charge on any atom is 0.245 e. The van der Waals surface area contributed by atoms with Gasteiger partial charge in [-0.15, -0.1) is 0 Å². The van der Waals surface area contributed by atoms with E-state index in [4.69, 9.17) is 0 Å². The van der Waals surface area contributed by atoms with E-state index in [0.717, 1.165) is 13.0 Å². The summed E-state index contributed by atoms with van der Waals surface area (Å²) in [5, 5.41) is 0. The second-order valence-corrected chi connectivity index (χ2v) is 3.92. The fourth-order valence-electron chi connectivity index (χ4n) is 0.988. The molecule has 0 N–H and O–H groups in total. The highest BCUT2D eigenvalue weighted by Crippen LogP contribution is 2.20. The largest absolute Gasteiger partial charge is 0.342 e. The lowest BCUT2D eigenvalue weighted by atomic mass is 9.90. The Bertz CT molecular complexity index is 173. The molecule has 0 aliphatic heterocycles. The van der Waals surface area contributed by atoms with Crippen molar-refractivity contribution in [2.24, 2.45) is 5.41 Å². The zero-order chi connectivity index (χ0) is 9.78. The topological polar surface area (TPSA) is 20.3 Å². The number of rotatable bonds is 4. The van der Waals surface area contributed by atoms with Crippen LogP contribution < -0.4 is 0 Å². The van der Waals surface area contributed by atoms with Gasteiger partial charge < -0.3 is 4.90 Å². The van der Waals surface area contributed by atoms with Crippen molar-refractivity contribution >= 4 is 5.91 Å². The number of nitrogens with zero attached hydrogens (tertiary/aromatic N) is 1. The van der Waals surface area contributed by atoms with Crippen molar-refractivity contribution < 1.29 is 4.79 Å². The van der Waals surface area contributed by atoms with Crippen LogP contribution in [0.4, 0.5) is 0 Å². The summed E-state index contributed by atoms with van der Waals surface area (Å²) in [6.45, 7) is 10.7. The Morgan fingerprint density at radius 3 is 2.42 bits per heavy atom. The van der Waals surface area contributed by atoms with Gasteiger partial charge in [-0.1, -0.05) is 27.4 Å². The zero-order valence-corrected chi connectivity index (χ0v) is 8.55. The molecule has 0 radical (unpaired) electrons. The van der Waals surface area contributed by atoms with Crippen LogP contribution in [-0.4, -0.2) is 24.4 Å². The molecule has 70 valence electrons. The molecule has 0 spiro atoms. The number of carbonyl (C=O) groups excluding carboxylic acids is 1. The molecule has 2 heteroatoms. The van der Waals surface area contributed by atoms with E-state index in [0.29, 0.717) is 0 Å². The second kappa shape index (κ2) is 4.29. The average Bonchev–Trinajstić information content (AvgIpc) is 2.02. The average molecular weight is 169 g/mol. The molecular weight excluding hydrogens is 150 g/mol. The van der Waals surface area contributed by atoms with Crippen LogP contribution in [0.25, 0.3) is 0 Å². The van der Waals surface area contributed by atoms with Crippen LogP contribution in [0.2, 0.25) is 0 Å². The van der Waals surface area contributed by atoms with Crippen LogP contribution in [0.5, 0.6) is 0 Å². The maximum atomic E-state index is 11.1. The van der Waals surface area contributed by atoms with Crippen LogP contribution in [0, 0.1) is 5.41 Å². The standard InChI is InChI=1S/C10H19NO/c1-6-9(12)11(5)8-10(3,4)7-2/h6H,1,7-8H2,2-5H3. The summed E-state index contributed by atoms with van der Waals surface area (Å²) in [4.78, 5) is 12.8. The van der Waals surface area contributed by atoms with E-state index in [1.54, 1.807) is 11.9 Å². The van der Waals surface area contributed by atoms with E-state index in [9.17, 15) is 4.79 Å². The van der Waals surface area contributed by atoms with Crippen molar-refractivity contribution in [2.75, 3.05) is 13.6 Å². The minimum atomic E-state index is -0.00322. The smallest absolute Gasteiger partial charge is 0.245 e. The summed E-state index contributed by atoms with van der Waals surface area (Å²) in [5.41, 5.74) is 0.202. The highest BCUT2D eigenvalue weighted by Gasteiger charge is 2.18. The fourth-order valence-corrected chi connectivity index (χ4v) is 0.988. The van der Waals surface area contributed by atoms with Gasteiger partial charge >= 0.3 is 0 Å². The molecule has 0 heterocycles. The third-order valence-corrected chi connectivity index (χ3v) is 2.17. The van der Waals surface area contributed by atoms with Crippen molar-refractivity contribution in [1.29, 1.82) is 0 Å². The van der Waals surface area contributed by atoms with Crippen molar-refractivity contribution in [3.8, 4) is 0 Å². The van der Waals surface area contributed by atoms with Gasteiger partial charge in [0.05, 0.1) is 0 Å². The van der Waals surface area contributed by atoms with E-state index in [2.05, 4.69) is 27.4 Å². The number of hydrogen-bond donors (Lipinski definition) is 0. The van der Waals surface area contributed by atoms with Gasteiger partial charge in [0.25, 0.3) is 0 Å². The molecule has 0 aromatic heterocycles. The van der Waals surface area contributed by atoms with Gasteiger partial charge in [0, 0.05) is 13.6 Å². The Morgan fingerprint density at radius 1 is 1.58 bits per heavy atom. The molecule has 0 aromatic carbocycles. The maximum absolute atomic E-state index is 11.1. The summed E-state index contributed by atoms with van der Waals surface area (Å²) in [6, 6.07) is 0. The molecule has 0 saturated heterocycles. The lowest BCUT2D eigenvalue weighted by Gasteiger charge is -2.28. The Hall–Kier alpha value is -0.790. The van der Waals surface area contributed by atoms with Gasteiger partial charge in [0.1, 0.15) is 0 Å². The van der Waals surface area contributed by atoms with Crippen molar-refractivity contribution in [3.63, 3.8) is 0 Å². The molecule has 0 atom stereocenters. The highest BCUT2D eigenvalue weighted by atomic mass is 16.2. The lowest BCUT2D eigenvalue weighted by Crippen LogP contribution is -2.34. The zero-order valence-electron chi connectivity index (χ0n) is 8.55. The molecule has 0 aliphatic rings. The third kappa shape index (κ3) is 3.56. The molecule has 0 aromatic rings. The molecule has 2 nitrogen and oxygen atoms in total. The van der Waals surface area contributed by atoms with Crippen molar-refractivity contribution in [2.45, 2.75) is 27.2 Å². The first-order valence-corrected chi connectivity index (χ1v) is 4.30. The van der Waals surface area contributed by atoms with E-state index < -0.39 is 0 Å². The van der Waals surface area contributed by atoms with Gasteiger partial charge in [0.15, 0.2) is 0 Å². The molecule has 0 saturated carbocycles. The summed E-state index contributed by atoms with van der Waals surface area (Å²) >= 11 is 0. The summed E-state index contributed by atoms with van der Waals surface area (Å²) < 4.78 is 0. The minimum Gasteiger partial charge on any atom is -0.342 e. The van der Waals surface area contributed by atoms with E-state index in [-0.39, 0.29) is 11.3 Å². The predicted molar refractivity (Wildman–Crippen MR) is 51.9 cm³/mol. The Balaban J connectivity index is 4.08. The number of carbonyl (C=O) groups is 1. The van der Waals surface area contributed by atoms with Gasteiger partial charge in [-0.05, 0) is 17.9 Å². The molecule has 0 unspecified atom stereocenters. The SMILES string of the molecule is C=CC(=O)N(C)CC(C)(C)CC. The first kappa shape index (κ1) is 11.2. The molecule has 0 fully saturated rings. The highest BCUT2D eigenvalue weighted by molar-refractivity contribution is 5.86. The molecular formula is C10H19NO. The van der Waals surface area contributed by atoms with E-state index >= 15 is 0 Å². The quantitative estimate of drug-likeness (QED) is 0.590. The molecule has 0 aliphatic carbocycles. The second-order valence-electron chi connectivity index (χ2n) is 3.92. The molecule has 12 heavy (non-hydrogen) atoms. The Labute approximate surface area is 75.3 Å². The van der Waals surface area contributed by atoms with Crippen LogP contribution in [-0.2, 0) is 4.79 Å². The fraction of sp³-hybridized carbons (Fsp3) is 0.700. The van der Waals surface area contributed by atoms with E-state index in [1.807, 2.05) is 0 Å². The molecule has 1 amide bonds. The van der Waals surface area contributed by atoms with Gasteiger partial charge in [-0.2, -0.15) is 0 Å². The summed E-state index contributed by atoms with van der Waals surface area (Å²) in [6.07, 6.45) is 2.42. The van der Waals surface area contributed by atoms with Crippen molar-refractivity contribution in [3.05, 3.63) is 12.7 Å². The van der Waals surface area contributed by atoms with Crippen LogP contribution in [0.15, 0.2) is 12.7 Å². The van der Waals surface area contributed by atoms with Gasteiger partial charge in [-0.3, -0.25) is 4.79 Å². The summed E-state index contributed by atoms with van der Waals surface area (Å²) in [5.74, 6) is -0.00322. The van der Waals surface area contributed by atoms with Crippen LogP contribution in [0.1, 0.15) is 27.2 Å². The van der Waals surface area contributed by atoms with Crippen LogP contribution in [0.3, 0.4) is 0 Å². The van der Waals surface area contributed by atoms with Gasteiger partial charge in [-0.25, -0.2) is 0 Å². The minimum absolute atomic E-state index is 0.00322.